The van der Waals surface area contributed by atoms with Crippen LogP contribution in [-0.2, 0) is 13.2 Å². The molecule has 0 aliphatic carbocycles. The summed E-state index contributed by atoms with van der Waals surface area (Å²) in [6.45, 7) is 1.28. The Bertz CT molecular complexity index is 870. The van der Waals surface area contributed by atoms with Gasteiger partial charge in [-0.05, 0) is 24.1 Å². The molecule has 5 N–H and O–H groups in total. The highest BCUT2D eigenvalue weighted by Crippen LogP contribution is 2.44. The summed E-state index contributed by atoms with van der Waals surface area (Å²) in [6, 6.07) is 5.55. The first-order chi connectivity index (χ1) is 12.0. The summed E-state index contributed by atoms with van der Waals surface area (Å²) in [5.74, 6) is 0.213. The van der Waals surface area contributed by atoms with Gasteiger partial charge in [0, 0.05) is 16.8 Å². The standard InChI is InChI=1S/C17H18N4O4/c1-8-14-15(11(5-18)16(19)25-17(14)21-20-8)9-3-10(6-22)12(7-23)13(4-9)24-2/h3-4,15,22-23H,6-7,19H2,1-2H3,(H,20,21). The maximum Gasteiger partial charge on any atom is 0.244 e. The van der Waals surface area contributed by atoms with Crippen molar-refractivity contribution in [2.24, 2.45) is 5.73 Å². The Labute approximate surface area is 144 Å². The number of aliphatic hydroxyl groups is 2. The second-order valence-electron chi connectivity index (χ2n) is 5.67. The van der Waals surface area contributed by atoms with Crippen LogP contribution in [0.1, 0.15) is 33.9 Å². The zero-order chi connectivity index (χ0) is 18.1. The van der Waals surface area contributed by atoms with Gasteiger partial charge in [-0.3, -0.25) is 5.10 Å². The highest BCUT2D eigenvalue weighted by Gasteiger charge is 2.35. The van der Waals surface area contributed by atoms with E-state index in [1.807, 2.05) is 6.92 Å². The molecule has 0 radical (unpaired) electrons. The number of nitrogens with two attached hydrogens (primary N) is 1. The van der Waals surface area contributed by atoms with Crippen LogP contribution in [0.4, 0.5) is 0 Å². The van der Waals surface area contributed by atoms with Crippen molar-refractivity contribution in [3.63, 3.8) is 0 Å². The summed E-state index contributed by atoms with van der Waals surface area (Å²) in [5.41, 5.74) is 9.30. The van der Waals surface area contributed by atoms with Crippen LogP contribution in [0.5, 0.6) is 11.6 Å². The number of aromatic nitrogens is 2. The van der Waals surface area contributed by atoms with Crippen LogP contribution < -0.4 is 15.2 Å². The van der Waals surface area contributed by atoms with Gasteiger partial charge < -0.3 is 25.4 Å². The van der Waals surface area contributed by atoms with E-state index < -0.39 is 5.92 Å². The van der Waals surface area contributed by atoms with Crippen LogP contribution in [0.3, 0.4) is 0 Å². The van der Waals surface area contributed by atoms with Gasteiger partial charge in [-0.15, -0.1) is 5.10 Å². The first-order valence-corrected chi connectivity index (χ1v) is 7.59. The van der Waals surface area contributed by atoms with E-state index >= 15 is 0 Å². The molecular weight excluding hydrogens is 324 g/mol. The SMILES string of the molecule is COc1cc(C2C(C#N)=C(N)Oc3n[nH]c(C)c32)cc(CO)c1CO. The number of nitriles is 1. The number of hydrogen-bond acceptors (Lipinski definition) is 7. The molecule has 1 aromatic carbocycles. The third-order valence-corrected chi connectivity index (χ3v) is 4.33. The second kappa shape index (κ2) is 6.47. The van der Waals surface area contributed by atoms with Gasteiger partial charge in [0.05, 0.1) is 26.2 Å². The molecule has 0 amide bonds. The molecule has 1 unspecified atom stereocenters. The first-order valence-electron chi connectivity index (χ1n) is 7.59. The van der Waals surface area contributed by atoms with Gasteiger partial charge >= 0.3 is 0 Å². The fourth-order valence-corrected chi connectivity index (χ4v) is 3.13. The first kappa shape index (κ1) is 16.8. The zero-order valence-electron chi connectivity index (χ0n) is 13.8. The monoisotopic (exact) mass is 342 g/mol. The molecule has 1 aromatic heterocycles. The molecule has 2 heterocycles. The average molecular weight is 342 g/mol. The van der Waals surface area contributed by atoms with Gasteiger partial charge in [-0.2, -0.15) is 5.26 Å². The Morgan fingerprint density at radius 1 is 1.40 bits per heavy atom. The Hall–Kier alpha value is -3.02. The van der Waals surface area contributed by atoms with E-state index in [0.717, 1.165) is 5.69 Å². The molecule has 0 spiro atoms. The van der Waals surface area contributed by atoms with Crippen LogP contribution in [-0.4, -0.2) is 27.5 Å². The lowest BCUT2D eigenvalue weighted by Crippen LogP contribution is -2.21. The largest absolute Gasteiger partial charge is 0.496 e. The van der Waals surface area contributed by atoms with E-state index in [-0.39, 0.29) is 24.7 Å². The quantitative estimate of drug-likeness (QED) is 0.648. The lowest BCUT2D eigenvalue weighted by atomic mass is 9.83. The number of ether oxygens (including phenoxy) is 2. The molecule has 1 atom stereocenters. The number of nitrogens with one attached hydrogen (secondary N) is 1. The van der Waals surface area contributed by atoms with Crippen LogP contribution in [0.2, 0.25) is 0 Å². The van der Waals surface area contributed by atoms with E-state index in [4.69, 9.17) is 15.2 Å². The van der Waals surface area contributed by atoms with Crippen LogP contribution in [0.25, 0.3) is 0 Å². The second-order valence-corrected chi connectivity index (χ2v) is 5.67. The molecule has 2 aromatic rings. The van der Waals surface area contributed by atoms with Crippen molar-refractivity contribution in [3.05, 3.63) is 51.5 Å². The Morgan fingerprint density at radius 2 is 2.16 bits per heavy atom. The molecular formula is C17H18N4O4. The maximum absolute atomic E-state index is 9.67. The third-order valence-electron chi connectivity index (χ3n) is 4.33. The molecule has 1 aliphatic heterocycles. The van der Waals surface area contributed by atoms with E-state index in [0.29, 0.717) is 33.9 Å². The number of rotatable bonds is 4. The predicted octanol–water partition coefficient (Wildman–Crippen LogP) is 0.929. The van der Waals surface area contributed by atoms with Crippen molar-refractivity contribution in [1.29, 1.82) is 5.26 Å². The van der Waals surface area contributed by atoms with Crippen molar-refractivity contribution >= 4 is 0 Å². The summed E-state index contributed by atoms with van der Waals surface area (Å²) in [7, 11) is 1.48. The van der Waals surface area contributed by atoms with Crippen LogP contribution >= 0.6 is 0 Å². The van der Waals surface area contributed by atoms with Crippen LogP contribution in [0, 0.1) is 18.3 Å². The number of benzene rings is 1. The van der Waals surface area contributed by atoms with Gasteiger partial charge in [0.2, 0.25) is 11.8 Å². The van der Waals surface area contributed by atoms with Gasteiger partial charge in [0.15, 0.2) is 0 Å². The fourth-order valence-electron chi connectivity index (χ4n) is 3.13. The number of aliphatic hydroxyl groups excluding tert-OH is 2. The zero-order valence-corrected chi connectivity index (χ0v) is 13.8. The van der Waals surface area contributed by atoms with Gasteiger partial charge in [-0.25, -0.2) is 0 Å². The summed E-state index contributed by atoms with van der Waals surface area (Å²) in [6.07, 6.45) is 0. The number of nitrogens with zero attached hydrogens (tertiary/aromatic N) is 2. The number of aromatic amines is 1. The number of allylic oxidation sites excluding steroid dienone is 1. The van der Waals surface area contributed by atoms with E-state index in [9.17, 15) is 15.5 Å². The molecule has 8 nitrogen and oxygen atoms in total. The predicted molar refractivity (Wildman–Crippen MR) is 87.5 cm³/mol. The number of H-pyrrole nitrogens is 1. The van der Waals surface area contributed by atoms with E-state index in [2.05, 4.69) is 16.3 Å². The Balaban J connectivity index is 2.27. The van der Waals surface area contributed by atoms with E-state index in [1.165, 1.54) is 7.11 Å². The highest BCUT2D eigenvalue weighted by atomic mass is 16.5. The minimum absolute atomic E-state index is 0.0118. The third kappa shape index (κ3) is 2.59. The van der Waals surface area contributed by atoms with Gasteiger partial charge in [-0.1, -0.05) is 6.07 Å². The molecule has 0 fully saturated rings. The van der Waals surface area contributed by atoms with E-state index in [1.54, 1.807) is 12.1 Å². The molecule has 0 saturated heterocycles. The minimum atomic E-state index is -0.514. The van der Waals surface area contributed by atoms with Crippen molar-refractivity contribution in [3.8, 4) is 17.7 Å². The smallest absolute Gasteiger partial charge is 0.244 e. The lowest BCUT2D eigenvalue weighted by Gasteiger charge is -2.25. The molecule has 0 saturated carbocycles. The summed E-state index contributed by atoms with van der Waals surface area (Å²) < 4.78 is 10.8. The summed E-state index contributed by atoms with van der Waals surface area (Å²) >= 11 is 0. The summed E-state index contributed by atoms with van der Waals surface area (Å²) in [4.78, 5) is 0. The minimum Gasteiger partial charge on any atom is -0.496 e. The molecule has 25 heavy (non-hydrogen) atoms. The van der Waals surface area contributed by atoms with Crippen molar-refractivity contribution in [1.82, 2.24) is 10.2 Å². The molecule has 130 valence electrons. The molecule has 3 rings (SSSR count). The molecule has 1 aliphatic rings. The Kier molecular flexibility index (Phi) is 4.35. The number of aryl methyl sites for hydroxylation is 1. The van der Waals surface area contributed by atoms with Gasteiger partial charge in [0.1, 0.15) is 17.4 Å². The van der Waals surface area contributed by atoms with Crippen molar-refractivity contribution < 1.29 is 19.7 Å². The average Bonchev–Trinajstić information content (AvgIpc) is 2.99. The summed E-state index contributed by atoms with van der Waals surface area (Å²) in [5, 5.41) is 35.7. The van der Waals surface area contributed by atoms with Gasteiger partial charge in [0.25, 0.3) is 0 Å². The topological polar surface area (TPSA) is 137 Å². The molecule has 0 bridgehead atoms. The Morgan fingerprint density at radius 3 is 2.76 bits per heavy atom. The number of fused-ring (bicyclic) bond motifs is 1. The highest BCUT2D eigenvalue weighted by molar-refractivity contribution is 5.57. The van der Waals surface area contributed by atoms with Crippen molar-refractivity contribution in [2.45, 2.75) is 26.1 Å². The van der Waals surface area contributed by atoms with Crippen molar-refractivity contribution in [2.75, 3.05) is 7.11 Å². The normalized spacial score (nSPS) is 16.2. The molecule has 8 heteroatoms. The maximum atomic E-state index is 9.67. The number of methoxy groups -OCH3 is 1. The lowest BCUT2D eigenvalue weighted by molar-refractivity contribution is 0.253. The number of hydrogen-bond donors (Lipinski definition) is 4. The fraction of sp³-hybridized carbons (Fsp3) is 0.294. The van der Waals surface area contributed by atoms with Crippen LogP contribution in [0.15, 0.2) is 23.6 Å².